The fourth-order valence-electron chi connectivity index (χ4n) is 1.81. The minimum atomic E-state index is -0.366. The van der Waals surface area contributed by atoms with Crippen molar-refractivity contribution in [3.63, 3.8) is 0 Å². The molecule has 2 heterocycles. The highest BCUT2D eigenvalue weighted by Crippen LogP contribution is 2.20. The van der Waals surface area contributed by atoms with Crippen molar-refractivity contribution in [2.45, 2.75) is 6.92 Å². The number of rotatable bonds is 3. The lowest BCUT2D eigenvalue weighted by molar-refractivity contribution is 0.0519. The van der Waals surface area contributed by atoms with Gasteiger partial charge in [-0.25, -0.2) is 9.78 Å². The molecule has 0 unspecified atom stereocenters. The van der Waals surface area contributed by atoms with E-state index >= 15 is 0 Å². The summed E-state index contributed by atoms with van der Waals surface area (Å²) in [4.78, 5) is 18.0. The van der Waals surface area contributed by atoms with Crippen LogP contribution in [0.3, 0.4) is 0 Å². The lowest BCUT2D eigenvalue weighted by Gasteiger charge is -2.29. The number of hydrogen-bond donors (Lipinski definition) is 0. The molecule has 0 amide bonds. The third-order valence-corrected chi connectivity index (χ3v) is 2.61. The molecule has 0 bridgehead atoms. The number of aromatic nitrogens is 1. The molecule has 0 aliphatic carbocycles. The summed E-state index contributed by atoms with van der Waals surface area (Å²) in [5, 5.41) is 0. The molecule has 0 radical (unpaired) electrons. The van der Waals surface area contributed by atoms with Gasteiger partial charge in [0.25, 0.3) is 0 Å². The summed E-state index contributed by atoms with van der Waals surface area (Å²) in [6.45, 7) is 5.05. The van der Waals surface area contributed by atoms with E-state index in [2.05, 4.69) is 9.88 Å². The van der Waals surface area contributed by atoms with E-state index in [1.807, 2.05) is 12.1 Å². The van der Waals surface area contributed by atoms with Crippen molar-refractivity contribution < 1.29 is 14.3 Å². The van der Waals surface area contributed by atoms with Crippen molar-refractivity contribution in [2.24, 2.45) is 0 Å². The van der Waals surface area contributed by atoms with Gasteiger partial charge < -0.3 is 14.4 Å². The van der Waals surface area contributed by atoms with Crippen LogP contribution in [-0.4, -0.2) is 43.9 Å². The quantitative estimate of drug-likeness (QED) is 0.735. The third kappa shape index (κ3) is 2.74. The highest BCUT2D eigenvalue weighted by atomic mass is 16.5. The molecule has 17 heavy (non-hydrogen) atoms. The largest absolute Gasteiger partial charge is 0.461 e. The van der Waals surface area contributed by atoms with Gasteiger partial charge in [0, 0.05) is 19.3 Å². The first-order valence-electron chi connectivity index (χ1n) is 5.77. The molecule has 0 N–H and O–H groups in total. The first-order valence-corrected chi connectivity index (χ1v) is 5.77. The number of carbonyl (C=O) groups excluding carboxylic acids is 1. The zero-order valence-electron chi connectivity index (χ0n) is 9.89. The summed E-state index contributed by atoms with van der Waals surface area (Å²) < 4.78 is 10.3. The zero-order valence-corrected chi connectivity index (χ0v) is 9.89. The van der Waals surface area contributed by atoms with Gasteiger partial charge in [0.15, 0.2) is 5.69 Å². The molecular formula is C12H16N2O3. The second-order valence-corrected chi connectivity index (χ2v) is 3.69. The lowest BCUT2D eigenvalue weighted by atomic mass is 10.2. The Labute approximate surface area is 100 Å². The molecule has 0 saturated carbocycles. The Morgan fingerprint density at radius 3 is 3.00 bits per heavy atom. The normalized spacial score (nSPS) is 15.7. The minimum Gasteiger partial charge on any atom is -0.461 e. The van der Waals surface area contributed by atoms with Gasteiger partial charge in [-0.2, -0.15) is 0 Å². The number of nitrogens with zero attached hydrogens (tertiary/aromatic N) is 2. The summed E-state index contributed by atoms with van der Waals surface area (Å²) in [7, 11) is 0. The highest BCUT2D eigenvalue weighted by Gasteiger charge is 2.20. The molecule has 1 aliphatic rings. The van der Waals surface area contributed by atoms with Gasteiger partial charge in [0.05, 0.1) is 25.5 Å². The lowest BCUT2D eigenvalue weighted by Crippen LogP contribution is -2.37. The fourth-order valence-corrected chi connectivity index (χ4v) is 1.81. The third-order valence-electron chi connectivity index (χ3n) is 2.61. The molecule has 1 aromatic heterocycles. The maximum absolute atomic E-state index is 11.8. The number of anilines is 1. The Morgan fingerprint density at radius 2 is 2.29 bits per heavy atom. The maximum atomic E-state index is 11.8. The molecule has 92 valence electrons. The SMILES string of the molecule is CCOC(=O)c1ncccc1N1CCOCC1. The van der Waals surface area contributed by atoms with E-state index in [1.54, 1.807) is 13.1 Å². The zero-order chi connectivity index (χ0) is 12.1. The van der Waals surface area contributed by atoms with Crippen LogP contribution >= 0.6 is 0 Å². The Balaban J connectivity index is 2.23. The topological polar surface area (TPSA) is 51.7 Å². The maximum Gasteiger partial charge on any atom is 0.359 e. The van der Waals surface area contributed by atoms with E-state index in [9.17, 15) is 4.79 Å². The molecule has 2 rings (SSSR count). The van der Waals surface area contributed by atoms with Crippen molar-refractivity contribution in [1.29, 1.82) is 0 Å². The average Bonchev–Trinajstić information content (AvgIpc) is 2.40. The number of carbonyl (C=O) groups is 1. The van der Waals surface area contributed by atoms with Crippen LogP contribution < -0.4 is 4.90 Å². The van der Waals surface area contributed by atoms with Gasteiger partial charge >= 0.3 is 5.97 Å². The fraction of sp³-hybridized carbons (Fsp3) is 0.500. The predicted octanol–water partition coefficient (Wildman–Crippen LogP) is 1.09. The van der Waals surface area contributed by atoms with E-state index in [1.165, 1.54) is 0 Å². The van der Waals surface area contributed by atoms with Crippen molar-refractivity contribution in [3.05, 3.63) is 24.0 Å². The van der Waals surface area contributed by atoms with E-state index in [0.717, 1.165) is 18.8 Å². The predicted molar refractivity (Wildman–Crippen MR) is 63.2 cm³/mol. The highest BCUT2D eigenvalue weighted by molar-refractivity contribution is 5.93. The molecule has 1 aliphatic heterocycles. The molecule has 0 spiro atoms. The van der Waals surface area contributed by atoms with Crippen LogP contribution in [0.2, 0.25) is 0 Å². The van der Waals surface area contributed by atoms with Crippen LogP contribution in [0.15, 0.2) is 18.3 Å². The van der Waals surface area contributed by atoms with E-state index in [0.29, 0.717) is 25.5 Å². The number of hydrogen-bond acceptors (Lipinski definition) is 5. The summed E-state index contributed by atoms with van der Waals surface area (Å²) in [6, 6.07) is 3.72. The summed E-state index contributed by atoms with van der Waals surface area (Å²) in [5.41, 5.74) is 1.21. The second kappa shape index (κ2) is 5.63. The van der Waals surface area contributed by atoms with Crippen LogP contribution in [0.25, 0.3) is 0 Å². The van der Waals surface area contributed by atoms with Gasteiger partial charge in [0.1, 0.15) is 0 Å². The molecule has 1 aromatic rings. The first-order chi connectivity index (χ1) is 8.33. The van der Waals surface area contributed by atoms with E-state index in [4.69, 9.17) is 9.47 Å². The monoisotopic (exact) mass is 236 g/mol. The van der Waals surface area contributed by atoms with Crippen LogP contribution in [-0.2, 0) is 9.47 Å². The summed E-state index contributed by atoms with van der Waals surface area (Å²) in [6.07, 6.45) is 1.61. The van der Waals surface area contributed by atoms with E-state index in [-0.39, 0.29) is 5.97 Å². The molecule has 0 atom stereocenters. The van der Waals surface area contributed by atoms with E-state index < -0.39 is 0 Å². The van der Waals surface area contributed by atoms with Gasteiger partial charge in [0.2, 0.25) is 0 Å². The van der Waals surface area contributed by atoms with Crippen molar-refractivity contribution >= 4 is 11.7 Å². The van der Waals surface area contributed by atoms with Crippen LogP contribution in [0.5, 0.6) is 0 Å². The van der Waals surface area contributed by atoms with Crippen LogP contribution in [0.4, 0.5) is 5.69 Å². The molecule has 5 heteroatoms. The smallest absolute Gasteiger partial charge is 0.359 e. The Hall–Kier alpha value is -1.62. The Kier molecular flexibility index (Phi) is 3.93. The number of esters is 1. The average molecular weight is 236 g/mol. The first kappa shape index (κ1) is 11.9. The van der Waals surface area contributed by atoms with Gasteiger partial charge in [-0.3, -0.25) is 0 Å². The molecule has 5 nitrogen and oxygen atoms in total. The molecule has 0 aromatic carbocycles. The van der Waals surface area contributed by atoms with Crippen LogP contribution in [0, 0.1) is 0 Å². The Morgan fingerprint density at radius 1 is 1.53 bits per heavy atom. The van der Waals surface area contributed by atoms with Crippen molar-refractivity contribution in [3.8, 4) is 0 Å². The summed E-state index contributed by atoms with van der Waals surface area (Å²) in [5.74, 6) is -0.366. The van der Waals surface area contributed by atoms with Gasteiger partial charge in [-0.1, -0.05) is 0 Å². The number of ether oxygens (including phenoxy) is 2. The van der Waals surface area contributed by atoms with Crippen molar-refractivity contribution in [2.75, 3.05) is 37.8 Å². The van der Waals surface area contributed by atoms with Crippen LogP contribution in [0.1, 0.15) is 17.4 Å². The van der Waals surface area contributed by atoms with Crippen molar-refractivity contribution in [1.82, 2.24) is 4.98 Å². The standard InChI is InChI=1S/C12H16N2O3/c1-2-17-12(15)11-10(4-3-5-13-11)14-6-8-16-9-7-14/h3-5H,2,6-9H2,1H3. The number of pyridine rings is 1. The van der Waals surface area contributed by atoms with Gasteiger partial charge in [-0.05, 0) is 19.1 Å². The number of morpholine rings is 1. The van der Waals surface area contributed by atoms with Gasteiger partial charge in [-0.15, -0.1) is 0 Å². The molecule has 1 fully saturated rings. The minimum absolute atomic E-state index is 0.359. The molecule has 1 saturated heterocycles. The summed E-state index contributed by atoms with van der Waals surface area (Å²) >= 11 is 0. The second-order valence-electron chi connectivity index (χ2n) is 3.69. The Bertz CT molecular complexity index is 389. The molecular weight excluding hydrogens is 220 g/mol.